The van der Waals surface area contributed by atoms with E-state index in [4.69, 9.17) is 4.74 Å². The van der Waals surface area contributed by atoms with Crippen LogP contribution in [-0.4, -0.2) is 124 Å². The van der Waals surface area contributed by atoms with Crippen LogP contribution in [-0.2, 0) is 9.53 Å². The summed E-state index contributed by atoms with van der Waals surface area (Å²) in [4.78, 5) is 13.1. The molecule has 0 saturated heterocycles. The Labute approximate surface area is 278 Å². The lowest BCUT2D eigenvalue weighted by atomic mass is 9.87. The highest BCUT2D eigenvalue weighted by Gasteiger charge is 2.37. The molecular weight excluding hydrogens is 612 g/mol. The van der Waals surface area contributed by atoms with Crippen molar-refractivity contribution in [2.24, 2.45) is 5.92 Å². The summed E-state index contributed by atoms with van der Waals surface area (Å²) < 4.78 is 5.41. The van der Waals surface area contributed by atoms with Crippen molar-refractivity contribution in [1.82, 2.24) is 0 Å². The molecule has 0 saturated carbocycles. The third kappa shape index (κ3) is 17.7. The van der Waals surface area contributed by atoms with E-state index in [2.05, 4.69) is 0 Å². The molecule has 0 fully saturated rings. The Morgan fingerprint density at radius 2 is 1.23 bits per heavy atom. The molecular formula is C35H58O12. The van der Waals surface area contributed by atoms with Crippen molar-refractivity contribution in [1.29, 1.82) is 0 Å². The molecule has 0 bridgehead atoms. The van der Waals surface area contributed by atoms with Crippen LogP contribution in [0.2, 0.25) is 0 Å². The van der Waals surface area contributed by atoms with Gasteiger partial charge in [-0.15, -0.1) is 0 Å². The summed E-state index contributed by atoms with van der Waals surface area (Å²) in [7, 11) is 0. The number of aliphatic hydroxyl groups excluding tert-OH is 10. The zero-order valence-corrected chi connectivity index (χ0v) is 27.8. The number of esters is 1. The zero-order chi connectivity index (χ0) is 35.5. The lowest BCUT2D eigenvalue weighted by Crippen LogP contribution is -2.43. The molecule has 0 aromatic carbocycles. The summed E-state index contributed by atoms with van der Waals surface area (Å²) in [5, 5.41) is 105. The summed E-state index contributed by atoms with van der Waals surface area (Å²) in [6.45, 7) is 5.12. The van der Waals surface area contributed by atoms with Gasteiger partial charge in [0.1, 0.15) is 30.3 Å². The minimum Gasteiger partial charge on any atom is -0.459 e. The van der Waals surface area contributed by atoms with E-state index in [1.807, 2.05) is 6.92 Å². The van der Waals surface area contributed by atoms with Crippen LogP contribution in [0, 0.1) is 5.92 Å². The summed E-state index contributed by atoms with van der Waals surface area (Å²) in [5.74, 6) is -2.37. The van der Waals surface area contributed by atoms with Crippen LogP contribution in [0.3, 0.4) is 0 Å². The van der Waals surface area contributed by atoms with Crippen LogP contribution in [0.1, 0.15) is 78.6 Å². The molecule has 0 spiro atoms. The molecule has 12 atom stereocenters. The molecule has 1 aliphatic heterocycles. The summed E-state index contributed by atoms with van der Waals surface area (Å²) in [6.07, 6.45) is 0.421. The number of carbonyl (C=O) groups excluding carboxylic acids is 1. The molecule has 10 N–H and O–H groups in total. The summed E-state index contributed by atoms with van der Waals surface area (Å²) in [5.41, 5.74) is 0.590. The zero-order valence-electron chi connectivity index (χ0n) is 27.8. The highest BCUT2D eigenvalue weighted by atomic mass is 16.6. The van der Waals surface area contributed by atoms with E-state index >= 15 is 0 Å². The SMILES string of the molecule is CCCCCC(O)C1C(=O)OC(C)C(O)\C=C/C=C\C=C/C=C\C(C)=C/C(O)C(O)C(O)CC(O)CC(O)CC(O)CC(O)CC1O. The number of unbranched alkanes of at least 4 members (excludes halogenated alkanes) is 2. The van der Waals surface area contributed by atoms with Crippen molar-refractivity contribution < 1.29 is 60.6 Å². The normalized spacial score (nSPS) is 39.6. The first-order valence-corrected chi connectivity index (χ1v) is 16.5. The summed E-state index contributed by atoms with van der Waals surface area (Å²) >= 11 is 0. The lowest BCUT2D eigenvalue weighted by Gasteiger charge is -2.29. The number of ether oxygens (including phenoxy) is 1. The predicted octanol–water partition coefficient (Wildman–Crippen LogP) is 0.859. The highest BCUT2D eigenvalue weighted by Crippen LogP contribution is 2.24. The number of aliphatic hydroxyl groups is 10. The van der Waals surface area contributed by atoms with Gasteiger partial charge in [-0.25, -0.2) is 0 Å². The van der Waals surface area contributed by atoms with Crippen molar-refractivity contribution in [2.45, 2.75) is 146 Å². The van der Waals surface area contributed by atoms with Crippen LogP contribution >= 0.6 is 0 Å². The topological polar surface area (TPSA) is 229 Å². The predicted molar refractivity (Wildman–Crippen MR) is 177 cm³/mol. The Hall–Kier alpha value is -2.23. The molecule has 0 radical (unpaired) electrons. The molecule has 1 heterocycles. The van der Waals surface area contributed by atoms with Gasteiger partial charge in [-0.2, -0.15) is 0 Å². The first-order chi connectivity index (χ1) is 22.2. The number of allylic oxidation sites excluding steroid dienone is 8. The largest absolute Gasteiger partial charge is 0.459 e. The van der Waals surface area contributed by atoms with Gasteiger partial charge in [0.15, 0.2) is 0 Å². The third-order valence-corrected chi connectivity index (χ3v) is 8.05. The van der Waals surface area contributed by atoms with E-state index < -0.39 is 85.5 Å². The molecule has 270 valence electrons. The van der Waals surface area contributed by atoms with Gasteiger partial charge < -0.3 is 55.8 Å². The molecule has 1 rings (SSSR count). The Kier molecular flexibility index (Phi) is 21.1. The fourth-order valence-corrected chi connectivity index (χ4v) is 5.31. The standard InChI is InChI=1S/C35H58O12/c1-4-5-10-15-29(41)33-30(42)20-26(38)18-24(36)17-25(37)19-27(39)21-32(44)34(45)31(43)16-22(2)13-11-8-6-7-9-12-14-28(40)23(3)47-35(33)46/h6-9,11-14,16,23-34,36-45H,4-5,10,15,17-21H2,1-3H3/b8-6-,9-7-,13-11-,14-12-,22-16-. The van der Waals surface area contributed by atoms with E-state index in [0.29, 0.717) is 12.0 Å². The van der Waals surface area contributed by atoms with Gasteiger partial charge in [0.2, 0.25) is 0 Å². The molecule has 0 aliphatic carbocycles. The van der Waals surface area contributed by atoms with Crippen molar-refractivity contribution in [3.8, 4) is 0 Å². The smallest absolute Gasteiger partial charge is 0.314 e. The number of hydrogen-bond acceptors (Lipinski definition) is 12. The monoisotopic (exact) mass is 670 g/mol. The van der Waals surface area contributed by atoms with E-state index in [0.717, 1.165) is 12.8 Å². The minimum absolute atomic E-state index is 0.197. The number of cyclic esters (lactones) is 1. The average Bonchev–Trinajstić information content (AvgIpc) is 2.96. The fraction of sp³-hybridized carbons (Fsp3) is 0.686. The van der Waals surface area contributed by atoms with Crippen LogP contribution in [0.25, 0.3) is 0 Å². The van der Waals surface area contributed by atoms with Gasteiger partial charge >= 0.3 is 5.97 Å². The van der Waals surface area contributed by atoms with Crippen LogP contribution < -0.4 is 0 Å². The second-order valence-electron chi connectivity index (χ2n) is 12.6. The van der Waals surface area contributed by atoms with Crippen LogP contribution in [0.4, 0.5) is 0 Å². The molecule has 0 amide bonds. The molecule has 1 aliphatic rings. The highest BCUT2D eigenvalue weighted by molar-refractivity contribution is 5.74. The van der Waals surface area contributed by atoms with Crippen LogP contribution in [0.5, 0.6) is 0 Å². The minimum atomic E-state index is -1.61. The van der Waals surface area contributed by atoms with E-state index in [1.54, 1.807) is 49.5 Å². The molecule has 12 heteroatoms. The Morgan fingerprint density at radius 1 is 0.723 bits per heavy atom. The Balaban J connectivity index is 3.19. The van der Waals surface area contributed by atoms with E-state index in [1.165, 1.54) is 19.1 Å². The van der Waals surface area contributed by atoms with Crippen LogP contribution in [0.15, 0.2) is 60.3 Å². The van der Waals surface area contributed by atoms with Crippen molar-refractivity contribution in [3.63, 3.8) is 0 Å². The van der Waals surface area contributed by atoms with Gasteiger partial charge in [0.25, 0.3) is 0 Å². The number of carbonyl (C=O) groups is 1. The van der Waals surface area contributed by atoms with Gasteiger partial charge in [0.05, 0.1) is 42.7 Å². The molecule has 0 aromatic rings. The second-order valence-corrected chi connectivity index (χ2v) is 12.6. The Bertz CT molecular complexity index is 1020. The molecule has 12 nitrogen and oxygen atoms in total. The van der Waals surface area contributed by atoms with Gasteiger partial charge in [-0.1, -0.05) is 86.4 Å². The average molecular weight is 671 g/mol. The first kappa shape index (κ1) is 42.8. The first-order valence-electron chi connectivity index (χ1n) is 16.5. The maximum Gasteiger partial charge on any atom is 0.314 e. The third-order valence-electron chi connectivity index (χ3n) is 8.05. The molecule has 12 unspecified atom stereocenters. The van der Waals surface area contributed by atoms with Crippen molar-refractivity contribution in [3.05, 3.63) is 60.3 Å². The van der Waals surface area contributed by atoms with Crippen molar-refractivity contribution >= 4 is 5.97 Å². The molecule has 47 heavy (non-hydrogen) atoms. The second kappa shape index (κ2) is 23.2. The lowest BCUT2D eigenvalue weighted by molar-refractivity contribution is -0.168. The van der Waals surface area contributed by atoms with E-state index in [9.17, 15) is 55.9 Å². The quantitative estimate of drug-likeness (QED) is 0.145. The Morgan fingerprint density at radius 3 is 1.81 bits per heavy atom. The maximum atomic E-state index is 13.1. The fourth-order valence-electron chi connectivity index (χ4n) is 5.31. The van der Waals surface area contributed by atoms with Gasteiger partial charge in [-0.05, 0) is 39.5 Å². The van der Waals surface area contributed by atoms with Gasteiger partial charge in [-0.3, -0.25) is 4.79 Å². The number of hydrogen-bond donors (Lipinski definition) is 10. The maximum absolute atomic E-state index is 13.1. The number of rotatable bonds is 5. The van der Waals surface area contributed by atoms with Gasteiger partial charge in [0, 0.05) is 12.8 Å². The molecule has 0 aromatic heterocycles. The van der Waals surface area contributed by atoms with Crippen molar-refractivity contribution in [2.75, 3.05) is 0 Å². The summed E-state index contributed by atoms with van der Waals surface area (Å²) in [6, 6.07) is 0. The van der Waals surface area contributed by atoms with E-state index in [-0.39, 0.29) is 32.1 Å².